The van der Waals surface area contributed by atoms with E-state index >= 15 is 0 Å². The lowest BCUT2D eigenvalue weighted by molar-refractivity contribution is 0.217. The number of hydrogen-bond donors (Lipinski definition) is 3. The number of benzene rings is 2. The van der Waals surface area contributed by atoms with Gasteiger partial charge in [0.2, 0.25) is 5.88 Å². The van der Waals surface area contributed by atoms with Crippen molar-refractivity contribution in [1.29, 1.82) is 0 Å². The number of aryl methyl sites for hydroxylation is 2. The molecule has 0 radical (unpaired) electrons. The predicted molar refractivity (Wildman–Crippen MR) is 149 cm³/mol. The number of aromatic nitrogens is 4. The molecule has 2 aromatic carbocycles. The van der Waals surface area contributed by atoms with E-state index in [9.17, 15) is 13.7 Å². The minimum absolute atomic E-state index is 0.0792. The summed E-state index contributed by atoms with van der Waals surface area (Å²) in [5.41, 5.74) is 11.6. The molecule has 1 aliphatic rings. The van der Waals surface area contributed by atoms with Crippen LogP contribution in [0.15, 0.2) is 60.9 Å². The number of nitrogens with two attached hydrogens (primary N) is 1. The highest BCUT2D eigenvalue weighted by Gasteiger charge is 2.24. The van der Waals surface area contributed by atoms with E-state index in [4.69, 9.17) is 10.5 Å². The lowest BCUT2D eigenvalue weighted by Gasteiger charge is -2.18. The Morgan fingerprint density at radius 3 is 2.67 bits per heavy atom. The first-order chi connectivity index (χ1) is 18.8. The number of pyridine rings is 1. The van der Waals surface area contributed by atoms with Crippen LogP contribution in [0.4, 0.5) is 15.9 Å². The maximum atomic E-state index is 14.0. The third kappa shape index (κ3) is 4.53. The molecule has 0 amide bonds. The number of nitrogen functional groups attached to an aromatic ring is 1. The number of nitrogens with zero attached hydrogens (tertiary/aromatic N) is 4. The summed E-state index contributed by atoms with van der Waals surface area (Å²) in [5, 5.41) is 16.6. The molecule has 9 nitrogen and oxygen atoms in total. The summed E-state index contributed by atoms with van der Waals surface area (Å²) in [5.74, 6) is 0.767. The number of aliphatic hydroxyl groups excluding tert-OH is 1. The minimum atomic E-state index is -1.05. The van der Waals surface area contributed by atoms with E-state index in [0.717, 1.165) is 40.7 Å². The van der Waals surface area contributed by atoms with Gasteiger partial charge in [-0.2, -0.15) is 5.10 Å². The number of nitrogens with one attached hydrogen (secondary N) is 1. The number of aliphatic hydroxyl groups is 1. The van der Waals surface area contributed by atoms with Crippen LogP contribution in [0.5, 0.6) is 11.6 Å². The summed E-state index contributed by atoms with van der Waals surface area (Å²) in [4.78, 5) is 7.58. The van der Waals surface area contributed by atoms with Gasteiger partial charge in [-0.25, -0.2) is 18.3 Å². The maximum absolute atomic E-state index is 14.0. The van der Waals surface area contributed by atoms with Gasteiger partial charge in [-0.05, 0) is 61.7 Å². The highest BCUT2D eigenvalue weighted by Crippen LogP contribution is 2.34. The Labute approximate surface area is 226 Å². The summed E-state index contributed by atoms with van der Waals surface area (Å²) in [7, 11) is -1.02. The van der Waals surface area contributed by atoms with Gasteiger partial charge in [-0.15, -0.1) is 0 Å². The molecule has 1 fully saturated rings. The molecule has 2 unspecified atom stereocenters. The van der Waals surface area contributed by atoms with Crippen LogP contribution in [0.2, 0.25) is 0 Å². The van der Waals surface area contributed by atoms with Crippen LogP contribution in [-0.2, 0) is 11.0 Å². The van der Waals surface area contributed by atoms with Gasteiger partial charge in [-0.3, -0.25) is 4.31 Å². The highest BCUT2D eigenvalue weighted by atomic mass is 32.2. The van der Waals surface area contributed by atoms with Gasteiger partial charge in [0.25, 0.3) is 0 Å². The molecule has 6 rings (SSSR count). The van der Waals surface area contributed by atoms with Crippen molar-refractivity contribution < 1.29 is 18.4 Å². The fraction of sp³-hybridized carbons (Fsp3) is 0.214. The number of halogens is 1. The number of aromatic amines is 1. The number of hydrogen-bond acceptors (Lipinski definition) is 6. The molecular weight excluding hydrogens is 519 g/mol. The molecule has 200 valence electrons. The van der Waals surface area contributed by atoms with Gasteiger partial charge in [0.1, 0.15) is 22.9 Å². The second kappa shape index (κ2) is 9.83. The molecule has 4 heterocycles. The molecule has 1 saturated heterocycles. The average molecular weight is 547 g/mol. The molecular formula is C28H27FN6O3S. The number of H-pyrrole nitrogens is 1. The first-order valence-electron chi connectivity index (χ1n) is 12.5. The van der Waals surface area contributed by atoms with Crippen LogP contribution in [-0.4, -0.2) is 41.4 Å². The van der Waals surface area contributed by atoms with Crippen LogP contribution in [0.1, 0.15) is 34.9 Å². The van der Waals surface area contributed by atoms with E-state index in [-0.39, 0.29) is 17.4 Å². The molecule has 3 aromatic heterocycles. The van der Waals surface area contributed by atoms with Crippen LogP contribution >= 0.6 is 0 Å². The van der Waals surface area contributed by atoms with E-state index in [1.54, 1.807) is 24.4 Å². The average Bonchev–Trinajstić information content (AvgIpc) is 3.63. The summed E-state index contributed by atoms with van der Waals surface area (Å²) >= 11 is 0. The maximum Gasteiger partial charge on any atom is 0.219 e. The normalized spacial score (nSPS) is 16.2. The number of fused-ring (bicyclic) bond motifs is 1. The van der Waals surface area contributed by atoms with Crippen molar-refractivity contribution in [3.63, 3.8) is 0 Å². The van der Waals surface area contributed by atoms with Gasteiger partial charge in [0.05, 0.1) is 23.8 Å². The summed E-state index contributed by atoms with van der Waals surface area (Å²) < 4.78 is 35.4. The number of rotatable bonds is 6. The second-order valence-corrected chi connectivity index (χ2v) is 11.1. The fourth-order valence-corrected chi connectivity index (χ4v) is 6.22. The Morgan fingerprint density at radius 1 is 1.13 bits per heavy atom. The van der Waals surface area contributed by atoms with Crippen molar-refractivity contribution in [3.05, 3.63) is 89.1 Å². The number of anilines is 2. The molecule has 0 saturated carbocycles. The molecule has 1 aliphatic heterocycles. The zero-order valence-corrected chi connectivity index (χ0v) is 22.2. The Morgan fingerprint density at radius 2 is 1.92 bits per heavy atom. The lowest BCUT2D eigenvalue weighted by Crippen LogP contribution is -2.20. The van der Waals surface area contributed by atoms with E-state index in [1.165, 1.54) is 23.0 Å². The van der Waals surface area contributed by atoms with Crippen LogP contribution in [0.25, 0.3) is 16.6 Å². The van der Waals surface area contributed by atoms with E-state index in [1.807, 2.05) is 36.4 Å². The molecule has 0 spiro atoms. The second-order valence-electron chi connectivity index (χ2n) is 9.57. The third-order valence-electron chi connectivity index (χ3n) is 6.92. The quantitative estimate of drug-likeness (QED) is 0.280. The molecule has 4 N–H and O–H groups in total. The minimum Gasteiger partial charge on any atom is -0.436 e. The van der Waals surface area contributed by atoms with Crippen molar-refractivity contribution in [3.8, 4) is 17.3 Å². The Kier molecular flexibility index (Phi) is 6.32. The molecule has 0 bridgehead atoms. The van der Waals surface area contributed by atoms with Crippen molar-refractivity contribution in [2.24, 2.45) is 0 Å². The first-order valence-corrected chi connectivity index (χ1v) is 13.8. The molecule has 2 atom stereocenters. The SMILES string of the molecule is Cc1cc2cc(C(O)c3cnn(-c4cnc(Oc5ccccc5F)cc4C)c3N)[nH]c2cc1N1CCCS1=O. The molecule has 11 heteroatoms. The van der Waals surface area contributed by atoms with Crippen LogP contribution < -0.4 is 14.8 Å². The van der Waals surface area contributed by atoms with Gasteiger partial charge >= 0.3 is 0 Å². The van der Waals surface area contributed by atoms with Crippen molar-refractivity contribution in [2.45, 2.75) is 26.4 Å². The molecule has 39 heavy (non-hydrogen) atoms. The van der Waals surface area contributed by atoms with Crippen LogP contribution in [0.3, 0.4) is 0 Å². The third-order valence-corrected chi connectivity index (χ3v) is 8.42. The first kappa shape index (κ1) is 25.1. The number of ether oxygens (including phenoxy) is 1. The van der Waals surface area contributed by atoms with E-state index in [0.29, 0.717) is 22.7 Å². The standard InChI is InChI=1S/C28H27FN6O3S/c1-16-10-18-12-22(33-21(18)13-23(16)34-8-5-9-39(34)37)27(36)19-14-32-35(28(19)30)24-15-31-26(11-17(24)2)38-25-7-4-3-6-20(25)29/h3-4,6-7,10-15,27,33,36H,5,8-9,30H2,1-2H3. The van der Waals surface area contributed by atoms with Crippen molar-refractivity contribution in [2.75, 3.05) is 22.3 Å². The fourth-order valence-electron chi connectivity index (χ4n) is 4.88. The summed E-state index contributed by atoms with van der Waals surface area (Å²) in [6.07, 6.45) is 2.92. The predicted octanol–water partition coefficient (Wildman–Crippen LogP) is 4.83. The smallest absolute Gasteiger partial charge is 0.219 e. The molecule has 5 aromatic rings. The van der Waals surface area contributed by atoms with Crippen molar-refractivity contribution >= 4 is 33.4 Å². The summed E-state index contributed by atoms with van der Waals surface area (Å²) in [6.45, 7) is 4.60. The highest BCUT2D eigenvalue weighted by molar-refractivity contribution is 7.86. The van der Waals surface area contributed by atoms with Gasteiger partial charge in [0, 0.05) is 40.5 Å². The molecule has 0 aliphatic carbocycles. The Bertz CT molecular complexity index is 1730. The monoisotopic (exact) mass is 546 g/mol. The van der Waals surface area contributed by atoms with Gasteiger partial charge in [0.15, 0.2) is 11.6 Å². The van der Waals surface area contributed by atoms with E-state index in [2.05, 4.69) is 15.1 Å². The van der Waals surface area contributed by atoms with E-state index < -0.39 is 22.9 Å². The Balaban J connectivity index is 1.27. The lowest BCUT2D eigenvalue weighted by atomic mass is 10.1. The zero-order chi connectivity index (χ0) is 27.3. The summed E-state index contributed by atoms with van der Waals surface area (Å²) in [6, 6.07) is 13.7. The largest absolute Gasteiger partial charge is 0.436 e. The van der Waals surface area contributed by atoms with Gasteiger partial charge in [-0.1, -0.05) is 12.1 Å². The zero-order valence-electron chi connectivity index (χ0n) is 21.4. The Hall–Kier alpha value is -4.22. The number of para-hydroxylation sites is 1. The van der Waals surface area contributed by atoms with Crippen molar-refractivity contribution in [1.82, 2.24) is 19.7 Å². The topological polar surface area (TPSA) is 122 Å². The van der Waals surface area contributed by atoms with Crippen LogP contribution in [0, 0.1) is 19.7 Å². The van der Waals surface area contributed by atoms with Gasteiger partial charge < -0.3 is 20.6 Å².